The molecule has 1 radical (unpaired) electrons. The minimum Gasteiger partial charge on any atom is -0.352 e. The van der Waals surface area contributed by atoms with Gasteiger partial charge >= 0.3 is 0 Å². The lowest BCUT2D eigenvalue weighted by Crippen LogP contribution is -2.24. The molecule has 0 aliphatic heterocycles. The molecule has 0 unspecified atom stereocenters. The first-order valence-corrected chi connectivity index (χ1v) is 4.59. The molecule has 1 aromatic carbocycles. The van der Waals surface area contributed by atoms with Crippen LogP contribution in [0.15, 0.2) is 24.3 Å². The summed E-state index contributed by atoms with van der Waals surface area (Å²) in [6, 6.07) is 10.1. The van der Waals surface area contributed by atoms with E-state index in [1.54, 1.807) is 12.1 Å². The van der Waals surface area contributed by atoms with Crippen molar-refractivity contribution in [1.29, 1.82) is 0 Å². The first kappa shape index (κ1) is 9.78. The number of rotatable bonds is 4. The molecule has 0 fully saturated rings. The number of carbonyl (C=O) groups excluding carboxylic acids is 1. The average Bonchev–Trinajstić information content (AvgIpc) is 2.19. The fourth-order valence-corrected chi connectivity index (χ4v) is 1.01. The highest BCUT2D eigenvalue weighted by Crippen LogP contribution is 1.96. The molecule has 1 aromatic rings. The van der Waals surface area contributed by atoms with Crippen molar-refractivity contribution in [3.05, 3.63) is 35.9 Å². The lowest BCUT2D eigenvalue weighted by atomic mass is 10.2. The number of unbranched alkanes of at least 4 members (excludes halogenated alkanes) is 1. The van der Waals surface area contributed by atoms with Crippen LogP contribution in [0.4, 0.5) is 0 Å². The normalized spacial score (nSPS) is 9.62. The van der Waals surface area contributed by atoms with E-state index in [9.17, 15) is 4.79 Å². The van der Waals surface area contributed by atoms with E-state index >= 15 is 0 Å². The second kappa shape index (κ2) is 5.36. The van der Waals surface area contributed by atoms with Gasteiger partial charge in [-0.15, -0.1) is 0 Å². The Morgan fingerprint density at radius 3 is 3.00 bits per heavy atom. The number of benzene rings is 1. The fourth-order valence-electron chi connectivity index (χ4n) is 1.01. The van der Waals surface area contributed by atoms with Gasteiger partial charge in [0, 0.05) is 12.1 Å². The topological polar surface area (TPSA) is 29.1 Å². The van der Waals surface area contributed by atoms with Gasteiger partial charge in [0.15, 0.2) is 0 Å². The zero-order valence-corrected chi connectivity index (χ0v) is 7.84. The molecule has 0 aliphatic carbocycles. The third-order valence-electron chi connectivity index (χ3n) is 1.77. The summed E-state index contributed by atoms with van der Waals surface area (Å²) in [7, 11) is 0. The van der Waals surface area contributed by atoms with Crippen molar-refractivity contribution in [2.75, 3.05) is 6.54 Å². The van der Waals surface area contributed by atoms with E-state index in [4.69, 9.17) is 0 Å². The van der Waals surface area contributed by atoms with Crippen molar-refractivity contribution < 1.29 is 4.79 Å². The summed E-state index contributed by atoms with van der Waals surface area (Å²) in [6.45, 7) is 2.85. The summed E-state index contributed by atoms with van der Waals surface area (Å²) in [5.74, 6) is -0.0333. The Labute approximate surface area is 79.0 Å². The molecule has 1 N–H and O–H groups in total. The first-order valence-electron chi connectivity index (χ1n) is 4.59. The van der Waals surface area contributed by atoms with Crippen molar-refractivity contribution in [3.8, 4) is 0 Å². The predicted molar refractivity (Wildman–Crippen MR) is 52.5 cm³/mol. The Balaban J connectivity index is 2.40. The van der Waals surface area contributed by atoms with E-state index < -0.39 is 0 Å². The molecule has 0 aromatic heterocycles. The highest BCUT2D eigenvalue weighted by atomic mass is 16.1. The second-order valence-corrected chi connectivity index (χ2v) is 2.89. The van der Waals surface area contributed by atoms with Gasteiger partial charge in [0.25, 0.3) is 5.91 Å². The molecule has 1 amide bonds. The van der Waals surface area contributed by atoms with E-state index in [2.05, 4.69) is 18.3 Å². The number of amides is 1. The molecule has 13 heavy (non-hydrogen) atoms. The highest BCUT2D eigenvalue weighted by Gasteiger charge is 2.01. The van der Waals surface area contributed by atoms with Crippen LogP contribution in [0, 0.1) is 6.07 Å². The molecule has 2 heteroatoms. The Morgan fingerprint density at radius 1 is 1.54 bits per heavy atom. The maximum absolute atomic E-state index is 11.4. The van der Waals surface area contributed by atoms with Crippen LogP contribution in [0.3, 0.4) is 0 Å². The maximum atomic E-state index is 11.4. The minimum atomic E-state index is -0.0333. The third kappa shape index (κ3) is 3.28. The Bertz CT molecular complexity index is 256. The van der Waals surface area contributed by atoms with Gasteiger partial charge in [-0.3, -0.25) is 4.79 Å². The van der Waals surface area contributed by atoms with Crippen molar-refractivity contribution in [3.63, 3.8) is 0 Å². The van der Waals surface area contributed by atoms with Crippen LogP contribution in [-0.4, -0.2) is 12.5 Å². The van der Waals surface area contributed by atoms with E-state index in [1.165, 1.54) is 0 Å². The zero-order valence-electron chi connectivity index (χ0n) is 7.84. The fraction of sp³-hybridized carbons (Fsp3) is 0.364. The highest BCUT2D eigenvalue weighted by molar-refractivity contribution is 5.93. The molecule has 0 bridgehead atoms. The number of nitrogens with one attached hydrogen (secondary N) is 1. The molecule has 0 saturated carbocycles. The van der Waals surface area contributed by atoms with Crippen LogP contribution < -0.4 is 5.32 Å². The first-order chi connectivity index (χ1) is 6.34. The zero-order chi connectivity index (χ0) is 9.52. The number of hydrogen-bond donors (Lipinski definition) is 1. The Hall–Kier alpha value is -1.31. The molecular weight excluding hydrogens is 162 g/mol. The van der Waals surface area contributed by atoms with E-state index in [-0.39, 0.29) is 5.91 Å². The molecule has 0 spiro atoms. The van der Waals surface area contributed by atoms with Gasteiger partial charge in [-0.1, -0.05) is 31.5 Å². The predicted octanol–water partition coefficient (Wildman–Crippen LogP) is 2.02. The quantitative estimate of drug-likeness (QED) is 0.699. The molecule has 0 saturated heterocycles. The van der Waals surface area contributed by atoms with Crippen LogP contribution >= 0.6 is 0 Å². The Morgan fingerprint density at radius 2 is 2.38 bits per heavy atom. The van der Waals surface area contributed by atoms with Crippen LogP contribution in [0.1, 0.15) is 30.1 Å². The SMILES string of the molecule is CCCCNC(=O)c1[c]cccc1. The van der Waals surface area contributed by atoms with Gasteiger partial charge in [-0.05, 0) is 18.6 Å². The van der Waals surface area contributed by atoms with E-state index in [0.29, 0.717) is 5.56 Å². The summed E-state index contributed by atoms with van der Waals surface area (Å²) in [6.07, 6.45) is 2.12. The van der Waals surface area contributed by atoms with Crippen LogP contribution in [0.5, 0.6) is 0 Å². The smallest absolute Gasteiger partial charge is 0.251 e. The average molecular weight is 176 g/mol. The molecule has 0 aliphatic rings. The van der Waals surface area contributed by atoms with Crippen LogP contribution in [0.25, 0.3) is 0 Å². The standard InChI is InChI=1S/C11H14NO/c1-2-3-9-12-11(13)10-7-5-4-6-8-10/h4-7H,2-3,9H2,1H3,(H,12,13). The summed E-state index contributed by atoms with van der Waals surface area (Å²) in [4.78, 5) is 11.4. The summed E-state index contributed by atoms with van der Waals surface area (Å²) < 4.78 is 0. The molecular formula is C11H14NO. The van der Waals surface area contributed by atoms with Gasteiger partial charge in [-0.2, -0.15) is 0 Å². The summed E-state index contributed by atoms with van der Waals surface area (Å²) in [5, 5.41) is 2.83. The lowest BCUT2D eigenvalue weighted by molar-refractivity contribution is 0.0953. The molecule has 0 heterocycles. The molecule has 0 atom stereocenters. The second-order valence-electron chi connectivity index (χ2n) is 2.89. The van der Waals surface area contributed by atoms with Crippen molar-refractivity contribution in [2.45, 2.75) is 19.8 Å². The molecule has 69 valence electrons. The van der Waals surface area contributed by atoms with E-state index in [1.807, 2.05) is 12.1 Å². The van der Waals surface area contributed by atoms with Gasteiger partial charge < -0.3 is 5.32 Å². The van der Waals surface area contributed by atoms with Gasteiger partial charge in [0.2, 0.25) is 0 Å². The third-order valence-corrected chi connectivity index (χ3v) is 1.77. The van der Waals surface area contributed by atoms with Gasteiger partial charge in [0.05, 0.1) is 0 Å². The molecule has 2 nitrogen and oxygen atoms in total. The van der Waals surface area contributed by atoms with Crippen molar-refractivity contribution >= 4 is 5.91 Å². The maximum Gasteiger partial charge on any atom is 0.251 e. The number of carbonyl (C=O) groups is 1. The largest absolute Gasteiger partial charge is 0.352 e. The summed E-state index contributed by atoms with van der Waals surface area (Å²) in [5.41, 5.74) is 0.610. The lowest BCUT2D eigenvalue weighted by Gasteiger charge is -2.02. The Kier molecular flexibility index (Phi) is 4.03. The summed E-state index contributed by atoms with van der Waals surface area (Å²) >= 11 is 0. The minimum absolute atomic E-state index is 0.0333. The van der Waals surface area contributed by atoms with Crippen molar-refractivity contribution in [1.82, 2.24) is 5.32 Å². The van der Waals surface area contributed by atoms with Crippen LogP contribution in [-0.2, 0) is 0 Å². The monoisotopic (exact) mass is 176 g/mol. The van der Waals surface area contributed by atoms with E-state index in [0.717, 1.165) is 19.4 Å². The number of hydrogen-bond acceptors (Lipinski definition) is 1. The van der Waals surface area contributed by atoms with Crippen LogP contribution in [0.2, 0.25) is 0 Å². The van der Waals surface area contributed by atoms with Gasteiger partial charge in [-0.25, -0.2) is 0 Å². The molecule has 1 rings (SSSR count). The van der Waals surface area contributed by atoms with Crippen molar-refractivity contribution in [2.24, 2.45) is 0 Å². The van der Waals surface area contributed by atoms with Gasteiger partial charge in [0.1, 0.15) is 0 Å².